The maximum Gasteiger partial charge on any atom is 0.410 e. The summed E-state index contributed by atoms with van der Waals surface area (Å²) in [6.45, 7) is 6.61. The molecule has 0 saturated carbocycles. The van der Waals surface area contributed by atoms with Crippen molar-refractivity contribution in [3.05, 3.63) is 57.4 Å². The summed E-state index contributed by atoms with van der Waals surface area (Å²) in [5.41, 5.74) is 1.98. The molecule has 1 N–H and O–H groups in total. The van der Waals surface area contributed by atoms with Crippen molar-refractivity contribution < 1.29 is 14.3 Å². The molecule has 0 aliphatic carbocycles. The van der Waals surface area contributed by atoms with Crippen molar-refractivity contribution in [3.8, 4) is 0 Å². The van der Waals surface area contributed by atoms with Crippen molar-refractivity contribution >= 4 is 50.9 Å². The van der Waals surface area contributed by atoms with E-state index in [2.05, 4.69) is 37.3 Å². The summed E-state index contributed by atoms with van der Waals surface area (Å²) in [7, 11) is 0. The van der Waals surface area contributed by atoms with E-state index < -0.39 is 5.60 Å². The van der Waals surface area contributed by atoms with Crippen molar-refractivity contribution in [2.45, 2.75) is 39.2 Å². The molecule has 0 aromatic carbocycles. The Hall–Kier alpha value is -2.45. The lowest BCUT2D eigenvalue weighted by Crippen LogP contribution is -2.39. The number of nitrogens with one attached hydrogen (secondary N) is 1. The number of hydrogen-bond donors (Lipinski definition) is 1. The van der Waals surface area contributed by atoms with Gasteiger partial charge in [-0.2, -0.15) is 0 Å². The second-order valence-corrected chi connectivity index (χ2v) is 9.44. The summed E-state index contributed by atoms with van der Waals surface area (Å²) < 4.78 is 6.13. The summed E-state index contributed by atoms with van der Waals surface area (Å²) in [5.74, 6) is 0.213. The zero-order chi connectivity index (χ0) is 22.6. The van der Waals surface area contributed by atoms with Gasteiger partial charge in [-0.3, -0.25) is 9.78 Å². The highest BCUT2D eigenvalue weighted by atomic mass is 79.9. The fraction of sp³-hybridized carbons (Fsp3) is 0.364. The van der Waals surface area contributed by atoms with Gasteiger partial charge in [-0.25, -0.2) is 9.78 Å². The normalized spacial score (nSPS) is 14.1. The van der Waals surface area contributed by atoms with Gasteiger partial charge < -0.3 is 15.0 Å². The van der Waals surface area contributed by atoms with Crippen molar-refractivity contribution in [2.75, 3.05) is 18.4 Å². The van der Waals surface area contributed by atoms with E-state index in [1.807, 2.05) is 32.9 Å². The molecular formula is C22H24BrClN4O3. The summed E-state index contributed by atoms with van der Waals surface area (Å²) in [6, 6.07) is 5.37. The van der Waals surface area contributed by atoms with E-state index >= 15 is 0 Å². The molecule has 9 heteroatoms. The largest absolute Gasteiger partial charge is 0.444 e. The van der Waals surface area contributed by atoms with Crippen LogP contribution in [0.4, 0.5) is 10.6 Å². The minimum atomic E-state index is -0.531. The van der Waals surface area contributed by atoms with Crippen LogP contribution in [0.2, 0.25) is 5.02 Å². The summed E-state index contributed by atoms with van der Waals surface area (Å²) >= 11 is 9.22. The topological polar surface area (TPSA) is 84.4 Å². The molecule has 2 amide bonds. The quantitative estimate of drug-likeness (QED) is 0.622. The molecular weight excluding hydrogens is 484 g/mol. The predicted octanol–water partition coefficient (Wildman–Crippen LogP) is 5.10. The predicted molar refractivity (Wildman–Crippen MR) is 124 cm³/mol. The Labute approximate surface area is 195 Å². The molecule has 0 unspecified atom stereocenters. The van der Waals surface area contributed by atoms with Gasteiger partial charge in [0.1, 0.15) is 11.4 Å². The smallest absolute Gasteiger partial charge is 0.410 e. The monoisotopic (exact) mass is 506 g/mol. The molecule has 0 bridgehead atoms. The first kappa shape index (κ1) is 23.2. The Morgan fingerprint density at radius 3 is 2.68 bits per heavy atom. The van der Waals surface area contributed by atoms with Crippen LogP contribution in [0.3, 0.4) is 0 Å². The average molecular weight is 508 g/mol. The number of amides is 2. The molecule has 0 atom stereocenters. The van der Waals surface area contributed by atoms with Gasteiger partial charge in [0.05, 0.1) is 23.7 Å². The van der Waals surface area contributed by atoms with Crippen LogP contribution >= 0.6 is 27.5 Å². The van der Waals surface area contributed by atoms with Gasteiger partial charge in [-0.1, -0.05) is 23.7 Å². The molecule has 31 heavy (non-hydrogen) atoms. The fourth-order valence-electron chi connectivity index (χ4n) is 2.99. The molecule has 3 heterocycles. The van der Waals surface area contributed by atoms with Crippen LogP contribution in [-0.4, -0.2) is 45.6 Å². The first-order valence-electron chi connectivity index (χ1n) is 9.84. The number of hydrogen-bond acceptors (Lipinski definition) is 5. The number of pyridine rings is 2. The van der Waals surface area contributed by atoms with Crippen LogP contribution in [0.25, 0.3) is 5.57 Å². The van der Waals surface area contributed by atoms with Crippen molar-refractivity contribution in [1.29, 1.82) is 0 Å². The van der Waals surface area contributed by atoms with Crippen LogP contribution in [-0.2, 0) is 16.0 Å². The van der Waals surface area contributed by atoms with E-state index in [4.69, 9.17) is 16.3 Å². The number of ether oxygens (including phenoxy) is 1. The minimum absolute atomic E-state index is 0.165. The van der Waals surface area contributed by atoms with Gasteiger partial charge in [0, 0.05) is 23.4 Å². The van der Waals surface area contributed by atoms with Gasteiger partial charge in [-0.05, 0) is 66.4 Å². The van der Waals surface area contributed by atoms with Gasteiger partial charge in [-0.15, -0.1) is 0 Å². The molecule has 0 radical (unpaired) electrons. The molecule has 1 aliphatic heterocycles. The van der Waals surface area contributed by atoms with E-state index in [0.717, 1.165) is 23.3 Å². The fourth-order valence-corrected chi connectivity index (χ4v) is 3.41. The maximum absolute atomic E-state index is 12.4. The molecule has 0 fully saturated rings. The van der Waals surface area contributed by atoms with Gasteiger partial charge >= 0.3 is 6.09 Å². The summed E-state index contributed by atoms with van der Waals surface area (Å²) in [5, 5.41) is 3.21. The number of carbonyl (C=O) groups is 2. The molecule has 0 saturated heterocycles. The van der Waals surface area contributed by atoms with E-state index in [1.165, 1.54) is 6.20 Å². The van der Waals surface area contributed by atoms with Gasteiger partial charge in [0.2, 0.25) is 5.91 Å². The van der Waals surface area contributed by atoms with Crippen LogP contribution in [0, 0.1) is 0 Å². The standard InChI is InChI=1S/C22H24BrClN4O3/c1-22(2,3)31-21(30)28-8-4-5-15(13-28)18-7-6-14(11-25-18)9-20(29)27-19-10-16(23)17(24)12-26-19/h5-7,10-12H,4,8-9,13H2,1-3H3,(H,26,27,29). The lowest BCUT2D eigenvalue weighted by Gasteiger charge is -2.30. The zero-order valence-electron chi connectivity index (χ0n) is 17.6. The van der Waals surface area contributed by atoms with Crippen LogP contribution in [0.15, 0.2) is 41.1 Å². The zero-order valence-corrected chi connectivity index (χ0v) is 20.0. The van der Waals surface area contributed by atoms with Crippen LogP contribution in [0.5, 0.6) is 0 Å². The third-order valence-electron chi connectivity index (χ3n) is 4.40. The number of aromatic nitrogens is 2. The maximum atomic E-state index is 12.4. The van der Waals surface area contributed by atoms with Crippen molar-refractivity contribution in [1.82, 2.24) is 14.9 Å². The first-order valence-corrected chi connectivity index (χ1v) is 11.0. The lowest BCUT2D eigenvalue weighted by molar-refractivity contribution is -0.115. The SMILES string of the molecule is CC(C)(C)OC(=O)N1CCC=C(c2ccc(CC(=O)Nc3cc(Br)c(Cl)cn3)cn2)C1. The lowest BCUT2D eigenvalue weighted by atomic mass is 10.0. The number of rotatable bonds is 4. The second-order valence-electron chi connectivity index (χ2n) is 8.18. The number of halogens is 2. The summed E-state index contributed by atoms with van der Waals surface area (Å²) in [4.78, 5) is 34.9. The van der Waals surface area contributed by atoms with Gasteiger partial charge in [0.15, 0.2) is 0 Å². The van der Waals surface area contributed by atoms with E-state index in [9.17, 15) is 9.59 Å². The third kappa shape index (κ3) is 6.77. The van der Waals surface area contributed by atoms with Crippen molar-refractivity contribution in [3.63, 3.8) is 0 Å². The highest BCUT2D eigenvalue weighted by Crippen LogP contribution is 2.24. The highest BCUT2D eigenvalue weighted by molar-refractivity contribution is 9.10. The Morgan fingerprint density at radius 2 is 2.03 bits per heavy atom. The molecule has 164 valence electrons. The average Bonchev–Trinajstić information content (AvgIpc) is 2.70. The molecule has 1 aliphatic rings. The number of carbonyl (C=O) groups excluding carboxylic acids is 2. The molecule has 0 spiro atoms. The molecule has 2 aromatic rings. The second kappa shape index (κ2) is 9.78. The number of nitrogens with zero attached hydrogens (tertiary/aromatic N) is 3. The molecule has 2 aromatic heterocycles. The summed E-state index contributed by atoms with van der Waals surface area (Å²) in [6.07, 6.45) is 5.81. The Bertz CT molecular complexity index is 1000. The van der Waals surface area contributed by atoms with E-state index in [-0.39, 0.29) is 18.4 Å². The van der Waals surface area contributed by atoms with Crippen LogP contribution in [0.1, 0.15) is 38.4 Å². The Kier molecular flexibility index (Phi) is 7.33. The third-order valence-corrected chi connectivity index (χ3v) is 5.58. The minimum Gasteiger partial charge on any atom is -0.444 e. The van der Waals surface area contributed by atoms with E-state index in [0.29, 0.717) is 28.4 Å². The molecule has 3 rings (SSSR count). The highest BCUT2D eigenvalue weighted by Gasteiger charge is 2.25. The Morgan fingerprint density at radius 1 is 1.26 bits per heavy atom. The van der Waals surface area contributed by atoms with E-state index in [1.54, 1.807) is 17.2 Å². The number of anilines is 1. The Balaban J connectivity index is 1.59. The van der Waals surface area contributed by atoms with Crippen LogP contribution < -0.4 is 5.32 Å². The van der Waals surface area contributed by atoms with Gasteiger partial charge in [0.25, 0.3) is 0 Å². The van der Waals surface area contributed by atoms with Crippen molar-refractivity contribution in [2.24, 2.45) is 0 Å². The molecule has 7 nitrogen and oxygen atoms in total. The first-order chi connectivity index (χ1) is 14.6.